The van der Waals surface area contributed by atoms with Crippen LogP contribution in [0.3, 0.4) is 0 Å². The van der Waals surface area contributed by atoms with Crippen molar-refractivity contribution < 1.29 is 4.42 Å². The highest BCUT2D eigenvalue weighted by atomic mass is 16.3. The Bertz CT molecular complexity index is 312. The Balaban J connectivity index is 2.10. The molecule has 1 heterocycles. The average Bonchev–Trinajstić information content (AvgIpc) is 2.91. The summed E-state index contributed by atoms with van der Waals surface area (Å²) in [6, 6.07) is 2.65. The third-order valence-corrected chi connectivity index (χ3v) is 3.72. The molecule has 0 aliphatic heterocycles. The van der Waals surface area contributed by atoms with Crippen molar-refractivity contribution in [2.45, 2.75) is 52.0 Å². The van der Waals surface area contributed by atoms with Gasteiger partial charge in [0.15, 0.2) is 0 Å². The van der Waals surface area contributed by atoms with Crippen LogP contribution in [0, 0.1) is 12.8 Å². The lowest BCUT2D eigenvalue weighted by Crippen LogP contribution is -2.28. The van der Waals surface area contributed by atoms with Crippen LogP contribution in [0.1, 0.15) is 56.4 Å². The maximum atomic E-state index is 5.45. The van der Waals surface area contributed by atoms with Gasteiger partial charge in [-0.25, -0.2) is 0 Å². The summed E-state index contributed by atoms with van der Waals surface area (Å²) in [7, 11) is 0. The first-order valence-corrected chi connectivity index (χ1v) is 6.60. The number of furan rings is 1. The molecule has 1 unspecified atom stereocenters. The standard InChI is InChI=1S/C14H23NO/c1-3-9-15-14(12-6-4-5-7-12)13-8-10-16-11(13)2/h8,10,12,14-15H,3-7,9H2,1-2H3. The van der Waals surface area contributed by atoms with Crippen molar-refractivity contribution in [3.63, 3.8) is 0 Å². The normalized spacial score (nSPS) is 19.1. The van der Waals surface area contributed by atoms with E-state index in [1.807, 2.05) is 6.26 Å². The molecule has 0 saturated heterocycles. The highest BCUT2D eigenvalue weighted by Crippen LogP contribution is 2.37. The van der Waals surface area contributed by atoms with E-state index in [9.17, 15) is 0 Å². The molecule has 1 aliphatic rings. The average molecular weight is 221 g/mol. The van der Waals surface area contributed by atoms with E-state index in [-0.39, 0.29) is 0 Å². The van der Waals surface area contributed by atoms with E-state index >= 15 is 0 Å². The van der Waals surface area contributed by atoms with Crippen molar-refractivity contribution in [2.24, 2.45) is 5.92 Å². The molecule has 1 aromatic heterocycles. The number of rotatable bonds is 5. The fourth-order valence-electron chi connectivity index (χ4n) is 2.84. The molecule has 1 aromatic rings. The summed E-state index contributed by atoms with van der Waals surface area (Å²) in [5, 5.41) is 3.69. The van der Waals surface area contributed by atoms with E-state index in [0.717, 1.165) is 18.2 Å². The summed E-state index contributed by atoms with van der Waals surface area (Å²) < 4.78 is 5.45. The second-order valence-corrected chi connectivity index (χ2v) is 4.91. The summed E-state index contributed by atoms with van der Waals surface area (Å²) in [4.78, 5) is 0. The number of nitrogens with one attached hydrogen (secondary N) is 1. The first-order valence-electron chi connectivity index (χ1n) is 6.60. The van der Waals surface area contributed by atoms with Gasteiger partial charge in [-0.2, -0.15) is 0 Å². The van der Waals surface area contributed by atoms with Crippen LogP contribution in [-0.4, -0.2) is 6.54 Å². The second kappa shape index (κ2) is 5.53. The van der Waals surface area contributed by atoms with Crippen molar-refractivity contribution in [3.8, 4) is 0 Å². The summed E-state index contributed by atoms with van der Waals surface area (Å²) in [6.07, 6.45) is 8.54. The van der Waals surface area contributed by atoms with Crippen LogP contribution >= 0.6 is 0 Å². The predicted octanol–water partition coefficient (Wildman–Crippen LogP) is 3.82. The second-order valence-electron chi connectivity index (χ2n) is 4.91. The summed E-state index contributed by atoms with van der Waals surface area (Å²) in [5.41, 5.74) is 1.38. The van der Waals surface area contributed by atoms with E-state index < -0.39 is 0 Å². The molecule has 90 valence electrons. The number of hydrogen-bond acceptors (Lipinski definition) is 2. The molecule has 1 aliphatic carbocycles. The van der Waals surface area contributed by atoms with E-state index in [1.165, 1.54) is 37.7 Å². The third-order valence-electron chi connectivity index (χ3n) is 3.72. The maximum absolute atomic E-state index is 5.45. The fraction of sp³-hybridized carbons (Fsp3) is 0.714. The fourth-order valence-corrected chi connectivity index (χ4v) is 2.84. The highest BCUT2D eigenvalue weighted by Gasteiger charge is 2.27. The largest absolute Gasteiger partial charge is 0.469 e. The molecule has 1 N–H and O–H groups in total. The first-order chi connectivity index (χ1) is 7.83. The Morgan fingerprint density at radius 2 is 2.19 bits per heavy atom. The molecule has 2 heteroatoms. The van der Waals surface area contributed by atoms with E-state index in [1.54, 1.807) is 0 Å². The van der Waals surface area contributed by atoms with Gasteiger partial charge in [0, 0.05) is 11.6 Å². The van der Waals surface area contributed by atoms with Gasteiger partial charge in [0.25, 0.3) is 0 Å². The van der Waals surface area contributed by atoms with Crippen molar-refractivity contribution in [1.82, 2.24) is 5.32 Å². The molecule has 2 rings (SSSR count). The smallest absolute Gasteiger partial charge is 0.105 e. The molecule has 0 radical (unpaired) electrons. The van der Waals surface area contributed by atoms with Crippen LogP contribution in [0.25, 0.3) is 0 Å². The van der Waals surface area contributed by atoms with Gasteiger partial charge in [-0.15, -0.1) is 0 Å². The van der Waals surface area contributed by atoms with Gasteiger partial charge in [0.1, 0.15) is 5.76 Å². The Morgan fingerprint density at radius 3 is 2.75 bits per heavy atom. The van der Waals surface area contributed by atoms with Crippen molar-refractivity contribution in [3.05, 3.63) is 23.7 Å². The van der Waals surface area contributed by atoms with Gasteiger partial charge in [-0.05, 0) is 44.7 Å². The van der Waals surface area contributed by atoms with Gasteiger partial charge in [-0.1, -0.05) is 19.8 Å². The first kappa shape index (κ1) is 11.7. The summed E-state index contributed by atoms with van der Waals surface area (Å²) in [6.45, 7) is 5.40. The van der Waals surface area contributed by atoms with Crippen LogP contribution in [0.4, 0.5) is 0 Å². The maximum Gasteiger partial charge on any atom is 0.105 e. The lowest BCUT2D eigenvalue weighted by Gasteiger charge is -2.24. The number of hydrogen-bond donors (Lipinski definition) is 1. The van der Waals surface area contributed by atoms with Crippen molar-refractivity contribution in [1.29, 1.82) is 0 Å². The van der Waals surface area contributed by atoms with Crippen LogP contribution in [0.15, 0.2) is 16.7 Å². The SMILES string of the molecule is CCCNC(c1ccoc1C)C1CCCC1. The lowest BCUT2D eigenvalue weighted by atomic mass is 9.92. The molecule has 0 spiro atoms. The summed E-state index contributed by atoms with van der Waals surface area (Å²) >= 11 is 0. The van der Waals surface area contributed by atoms with Gasteiger partial charge >= 0.3 is 0 Å². The minimum Gasteiger partial charge on any atom is -0.469 e. The van der Waals surface area contributed by atoms with Crippen LogP contribution < -0.4 is 5.32 Å². The van der Waals surface area contributed by atoms with Crippen molar-refractivity contribution in [2.75, 3.05) is 6.54 Å². The third kappa shape index (κ3) is 2.49. The molecule has 1 atom stereocenters. The number of aryl methyl sites for hydroxylation is 1. The van der Waals surface area contributed by atoms with E-state index in [2.05, 4.69) is 25.2 Å². The zero-order chi connectivity index (χ0) is 11.4. The van der Waals surface area contributed by atoms with Crippen LogP contribution in [0.2, 0.25) is 0 Å². The summed E-state index contributed by atoms with van der Waals surface area (Å²) in [5.74, 6) is 1.89. The molecular formula is C14H23NO. The van der Waals surface area contributed by atoms with E-state index in [0.29, 0.717) is 6.04 Å². The molecule has 0 amide bonds. The van der Waals surface area contributed by atoms with Gasteiger partial charge in [-0.3, -0.25) is 0 Å². The molecule has 1 saturated carbocycles. The van der Waals surface area contributed by atoms with Gasteiger partial charge < -0.3 is 9.73 Å². The predicted molar refractivity (Wildman–Crippen MR) is 66.4 cm³/mol. The van der Waals surface area contributed by atoms with Gasteiger partial charge in [0.2, 0.25) is 0 Å². The zero-order valence-electron chi connectivity index (χ0n) is 10.5. The van der Waals surface area contributed by atoms with Crippen LogP contribution in [-0.2, 0) is 0 Å². The molecular weight excluding hydrogens is 198 g/mol. The molecule has 2 nitrogen and oxygen atoms in total. The monoisotopic (exact) mass is 221 g/mol. The quantitative estimate of drug-likeness (QED) is 0.817. The van der Waals surface area contributed by atoms with Crippen molar-refractivity contribution >= 4 is 0 Å². The Hall–Kier alpha value is -0.760. The van der Waals surface area contributed by atoms with Crippen LogP contribution in [0.5, 0.6) is 0 Å². The molecule has 16 heavy (non-hydrogen) atoms. The molecule has 0 bridgehead atoms. The molecule has 0 aromatic carbocycles. The lowest BCUT2D eigenvalue weighted by molar-refractivity contribution is 0.362. The van der Waals surface area contributed by atoms with Gasteiger partial charge in [0.05, 0.1) is 6.26 Å². The minimum absolute atomic E-state index is 0.515. The Kier molecular flexibility index (Phi) is 4.05. The topological polar surface area (TPSA) is 25.2 Å². The zero-order valence-corrected chi connectivity index (χ0v) is 10.5. The molecule has 1 fully saturated rings. The minimum atomic E-state index is 0.515. The van der Waals surface area contributed by atoms with E-state index in [4.69, 9.17) is 4.42 Å². The Labute approximate surface area is 98.4 Å². The Morgan fingerprint density at radius 1 is 1.44 bits per heavy atom. The highest BCUT2D eigenvalue weighted by molar-refractivity contribution is 5.21.